The van der Waals surface area contributed by atoms with Gasteiger partial charge in [-0.3, -0.25) is 9.59 Å². The predicted octanol–water partition coefficient (Wildman–Crippen LogP) is 4.07. The predicted molar refractivity (Wildman–Crippen MR) is 113 cm³/mol. The van der Waals surface area contributed by atoms with Gasteiger partial charge < -0.3 is 14.8 Å². The number of benzene rings is 3. The van der Waals surface area contributed by atoms with Gasteiger partial charge in [0.25, 0.3) is 11.8 Å². The van der Waals surface area contributed by atoms with E-state index in [0.717, 1.165) is 10.5 Å². The molecule has 8 heteroatoms. The molecule has 1 unspecified atom stereocenters. The van der Waals surface area contributed by atoms with Crippen LogP contribution in [0, 0.1) is 5.82 Å². The Kier molecular flexibility index (Phi) is 6.12. The number of carbonyl (C=O) groups is 3. The van der Waals surface area contributed by atoms with Crippen molar-refractivity contribution in [3.63, 3.8) is 0 Å². The van der Waals surface area contributed by atoms with Gasteiger partial charge in [0.2, 0.25) is 0 Å². The summed E-state index contributed by atoms with van der Waals surface area (Å²) in [6, 6.07) is 20.4. The molecular weight excluding hydrogens is 415 g/mol. The molecule has 3 aromatic rings. The second-order valence-electron chi connectivity index (χ2n) is 7.08. The van der Waals surface area contributed by atoms with Crippen LogP contribution < -0.4 is 10.1 Å². The van der Waals surface area contributed by atoms with Crippen molar-refractivity contribution in [2.24, 2.45) is 0 Å². The van der Waals surface area contributed by atoms with E-state index in [1.165, 1.54) is 24.3 Å². The largest absolute Gasteiger partial charge is 0.457 e. The van der Waals surface area contributed by atoms with Crippen molar-refractivity contribution in [2.45, 2.75) is 6.04 Å². The summed E-state index contributed by atoms with van der Waals surface area (Å²) >= 11 is 0. The Morgan fingerprint density at radius 2 is 1.75 bits per heavy atom. The fourth-order valence-corrected chi connectivity index (χ4v) is 3.24. The van der Waals surface area contributed by atoms with Gasteiger partial charge in [-0.2, -0.15) is 0 Å². The summed E-state index contributed by atoms with van der Waals surface area (Å²) in [6.45, 7) is -0.365. The Morgan fingerprint density at radius 3 is 2.44 bits per heavy atom. The first kappa shape index (κ1) is 21.0. The van der Waals surface area contributed by atoms with Crippen LogP contribution >= 0.6 is 0 Å². The molecule has 0 bridgehead atoms. The summed E-state index contributed by atoms with van der Waals surface area (Å²) in [7, 11) is 0. The first-order valence-electron chi connectivity index (χ1n) is 9.86. The van der Waals surface area contributed by atoms with E-state index in [2.05, 4.69) is 5.32 Å². The first-order chi connectivity index (χ1) is 15.5. The Labute approximate surface area is 183 Å². The molecule has 0 aliphatic carbocycles. The normalized spacial score (nSPS) is 14.1. The lowest BCUT2D eigenvalue weighted by molar-refractivity contribution is -0.126. The van der Waals surface area contributed by atoms with Gasteiger partial charge in [0, 0.05) is 5.56 Å². The van der Waals surface area contributed by atoms with Gasteiger partial charge in [0.1, 0.15) is 17.3 Å². The zero-order valence-corrected chi connectivity index (χ0v) is 16.9. The van der Waals surface area contributed by atoms with Crippen LogP contribution in [0.25, 0.3) is 0 Å². The van der Waals surface area contributed by atoms with Crippen molar-refractivity contribution in [2.75, 3.05) is 13.2 Å². The topological polar surface area (TPSA) is 84.9 Å². The fraction of sp³-hybridized carbons (Fsp3) is 0.125. The lowest BCUT2D eigenvalue weighted by Crippen LogP contribution is -2.40. The Morgan fingerprint density at radius 1 is 1.00 bits per heavy atom. The minimum absolute atomic E-state index is 0.0564. The van der Waals surface area contributed by atoms with Crippen LogP contribution in [0.15, 0.2) is 78.9 Å². The van der Waals surface area contributed by atoms with E-state index in [0.29, 0.717) is 17.1 Å². The van der Waals surface area contributed by atoms with Crippen molar-refractivity contribution >= 4 is 17.9 Å². The zero-order chi connectivity index (χ0) is 22.5. The molecule has 162 valence electrons. The van der Waals surface area contributed by atoms with Gasteiger partial charge in [-0.15, -0.1) is 0 Å². The smallest absolute Gasteiger partial charge is 0.417 e. The maximum Gasteiger partial charge on any atom is 0.417 e. The maximum absolute atomic E-state index is 13.1. The third kappa shape index (κ3) is 4.92. The van der Waals surface area contributed by atoms with E-state index >= 15 is 0 Å². The number of hydrogen-bond donors (Lipinski definition) is 1. The zero-order valence-electron chi connectivity index (χ0n) is 16.9. The van der Waals surface area contributed by atoms with Gasteiger partial charge in [-0.25, -0.2) is 14.1 Å². The van der Waals surface area contributed by atoms with E-state index in [-0.39, 0.29) is 19.0 Å². The number of halogens is 1. The molecule has 3 amide bonds. The van der Waals surface area contributed by atoms with Crippen molar-refractivity contribution in [3.8, 4) is 11.5 Å². The number of rotatable bonds is 7. The molecule has 0 saturated carbocycles. The standard InChI is InChI=1S/C24H19FN2O5/c25-18-9-11-19(12-10-18)32-20-8-4-7-17(13-20)23(29)26-21(16-5-2-1-3-6-16)14-27-22(28)15-31-24(27)30/h1-13,21H,14-15H2,(H,26,29). The summed E-state index contributed by atoms with van der Waals surface area (Å²) in [4.78, 5) is 37.8. The molecule has 0 aromatic heterocycles. The van der Waals surface area contributed by atoms with Crippen LogP contribution in [0.3, 0.4) is 0 Å². The Bertz CT molecular complexity index is 1120. The quantitative estimate of drug-likeness (QED) is 0.606. The number of ether oxygens (including phenoxy) is 2. The van der Waals surface area contributed by atoms with Crippen LogP contribution in [-0.4, -0.2) is 36.0 Å². The highest BCUT2D eigenvalue weighted by Crippen LogP contribution is 2.23. The highest BCUT2D eigenvalue weighted by Gasteiger charge is 2.33. The molecule has 0 radical (unpaired) electrons. The maximum atomic E-state index is 13.1. The average Bonchev–Trinajstić information content (AvgIpc) is 3.13. The van der Waals surface area contributed by atoms with Crippen LogP contribution in [0.2, 0.25) is 0 Å². The summed E-state index contributed by atoms with van der Waals surface area (Å²) in [5.74, 6) is -0.419. The molecule has 32 heavy (non-hydrogen) atoms. The third-order valence-corrected chi connectivity index (χ3v) is 4.86. The number of nitrogens with zero attached hydrogens (tertiary/aromatic N) is 1. The van der Waals surface area contributed by atoms with E-state index in [1.807, 2.05) is 6.07 Å². The molecule has 1 N–H and O–H groups in total. The molecule has 1 aliphatic rings. The summed E-state index contributed by atoms with van der Waals surface area (Å²) in [5.41, 5.74) is 1.05. The van der Waals surface area contributed by atoms with Crippen LogP contribution in [0.4, 0.5) is 9.18 Å². The number of hydrogen-bond acceptors (Lipinski definition) is 5. The second kappa shape index (κ2) is 9.30. The van der Waals surface area contributed by atoms with Gasteiger partial charge >= 0.3 is 6.09 Å². The molecule has 1 fully saturated rings. The van der Waals surface area contributed by atoms with E-state index in [9.17, 15) is 18.8 Å². The van der Waals surface area contributed by atoms with Crippen molar-refractivity contribution < 1.29 is 28.2 Å². The monoisotopic (exact) mass is 434 g/mol. The second-order valence-corrected chi connectivity index (χ2v) is 7.08. The van der Waals surface area contributed by atoms with E-state index in [4.69, 9.17) is 9.47 Å². The first-order valence-corrected chi connectivity index (χ1v) is 9.86. The molecule has 0 spiro atoms. The molecule has 1 aliphatic heterocycles. The lowest BCUT2D eigenvalue weighted by atomic mass is 10.1. The Hall–Kier alpha value is -4.20. The lowest BCUT2D eigenvalue weighted by Gasteiger charge is -2.23. The average molecular weight is 434 g/mol. The van der Waals surface area contributed by atoms with Crippen LogP contribution in [0.1, 0.15) is 22.0 Å². The summed E-state index contributed by atoms with van der Waals surface area (Å²) in [5, 5.41) is 2.87. The summed E-state index contributed by atoms with van der Waals surface area (Å²) < 4.78 is 23.5. The Balaban J connectivity index is 1.52. The van der Waals surface area contributed by atoms with Gasteiger partial charge in [0.05, 0.1) is 12.6 Å². The SMILES string of the molecule is O=C(NC(CN1C(=O)COC1=O)c1ccccc1)c1cccc(Oc2ccc(F)cc2)c1. The molecular formula is C24H19FN2O5. The number of cyclic esters (lactones) is 1. The molecule has 1 saturated heterocycles. The minimum Gasteiger partial charge on any atom is -0.457 e. The molecule has 1 heterocycles. The van der Waals surface area contributed by atoms with E-state index < -0.39 is 23.9 Å². The number of nitrogens with one attached hydrogen (secondary N) is 1. The minimum atomic E-state index is -0.736. The number of amides is 3. The van der Waals surface area contributed by atoms with Crippen molar-refractivity contribution in [1.82, 2.24) is 10.2 Å². The molecule has 4 rings (SSSR count). The highest BCUT2D eigenvalue weighted by molar-refractivity contribution is 5.98. The van der Waals surface area contributed by atoms with Crippen molar-refractivity contribution in [3.05, 3.63) is 95.8 Å². The van der Waals surface area contributed by atoms with E-state index in [1.54, 1.807) is 48.5 Å². The van der Waals surface area contributed by atoms with Gasteiger partial charge in [-0.1, -0.05) is 36.4 Å². The molecule has 3 aromatic carbocycles. The van der Waals surface area contributed by atoms with Gasteiger partial charge in [-0.05, 0) is 48.0 Å². The molecule has 1 atom stereocenters. The highest BCUT2D eigenvalue weighted by atomic mass is 19.1. The van der Waals surface area contributed by atoms with Crippen LogP contribution in [0.5, 0.6) is 11.5 Å². The fourth-order valence-electron chi connectivity index (χ4n) is 3.24. The molecule has 7 nitrogen and oxygen atoms in total. The summed E-state index contributed by atoms with van der Waals surface area (Å²) in [6.07, 6.45) is -0.736. The number of imide groups is 1. The third-order valence-electron chi connectivity index (χ3n) is 4.86. The van der Waals surface area contributed by atoms with Gasteiger partial charge in [0.15, 0.2) is 6.61 Å². The number of carbonyl (C=O) groups excluding carboxylic acids is 3. The van der Waals surface area contributed by atoms with Crippen molar-refractivity contribution in [1.29, 1.82) is 0 Å². The van der Waals surface area contributed by atoms with Crippen LogP contribution in [-0.2, 0) is 9.53 Å².